The fraction of sp³-hybridized carbons (Fsp3) is 0.333. The Kier molecular flexibility index (Phi) is 6.45. The Morgan fingerprint density at radius 1 is 1.07 bits per heavy atom. The van der Waals surface area contributed by atoms with E-state index in [1.165, 1.54) is 0 Å². The number of hydrogen-bond acceptors (Lipinski definition) is 4. The van der Waals surface area contributed by atoms with Gasteiger partial charge in [0.25, 0.3) is 5.91 Å². The van der Waals surface area contributed by atoms with Crippen LogP contribution in [0.4, 0.5) is 0 Å². The lowest BCUT2D eigenvalue weighted by molar-refractivity contribution is 0.0950. The second-order valence-corrected chi connectivity index (χ2v) is 7.54. The molecule has 0 atom stereocenters. The molecule has 1 aromatic heterocycles. The first-order valence-corrected chi connectivity index (χ1v) is 9.94. The van der Waals surface area contributed by atoms with E-state index in [0.717, 1.165) is 39.4 Å². The van der Waals surface area contributed by atoms with E-state index in [-0.39, 0.29) is 5.91 Å². The van der Waals surface area contributed by atoms with Crippen LogP contribution in [0, 0.1) is 27.7 Å². The number of amides is 1. The Labute approximate surface area is 177 Å². The van der Waals surface area contributed by atoms with Crippen molar-refractivity contribution in [1.29, 1.82) is 0 Å². The maximum absolute atomic E-state index is 12.8. The lowest BCUT2D eigenvalue weighted by atomic mass is 10.1. The molecule has 30 heavy (non-hydrogen) atoms. The normalized spacial score (nSPS) is 10.7. The summed E-state index contributed by atoms with van der Waals surface area (Å²) in [6.45, 7) is 8.74. The highest BCUT2D eigenvalue weighted by atomic mass is 16.5. The van der Waals surface area contributed by atoms with Crippen LogP contribution in [0.5, 0.6) is 11.5 Å². The number of rotatable bonds is 7. The molecule has 0 aliphatic rings. The van der Waals surface area contributed by atoms with E-state index >= 15 is 0 Å². The van der Waals surface area contributed by atoms with Gasteiger partial charge in [-0.3, -0.25) is 9.48 Å². The van der Waals surface area contributed by atoms with E-state index in [1.807, 2.05) is 57.6 Å². The van der Waals surface area contributed by atoms with Gasteiger partial charge >= 0.3 is 0 Å². The van der Waals surface area contributed by atoms with Gasteiger partial charge in [-0.25, -0.2) is 0 Å². The van der Waals surface area contributed by atoms with Crippen LogP contribution < -0.4 is 14.8 Å². The first-order chi connectivity index (χ1) is 14.3. The number of nitrogens with zero attached hydrogens (tertiary/aromatic N) is 2. The lowest BCUT2D eigenvalue weighted by Gasteiger charge is -2.14. The highest BCUT2D eigenvalue weighted by molar-refractivity contribution is 5.94. The maximum Gasteiger partial charge on any atom is 0.251 e. The molecule has 3 rings (SSSR count). The van der Waals surface area contributed by atoms with Crippen LogP contribution in [0.3, 0.4) is 0 Å². The van der Waals surface area contributed by atoms with Crippen LogP contribution in [0.1, 0.15) is 44.0 Å². The molecular formula is C24H29N3O3. The van der Waals surface area contributed by atoms with E-state index in [9.17, 15) is 4.79 Å². The smallest absolute Gasteiger partial charge is 0.251 e. The van der Waals surface area contributed by atoms with Crippen LogP contribution in [0.25, 0.3) is 0 Å². The molecular weight excluding hydrogens is 378 g/mol. The third-order valence-electron chi connectivity index (χ3n) is 5.35. The SMILES string of the molecule is COc1ccc(C(=O)NCc2c(C)nn(C)c2C)cc1COc1cc(C)ccc1C. The van der Waals surface area contributed by atoms with Crippen LogP contribution >= 0.6 is 0 Å². The van der Waals surface area contributed by atoms with Crippen molar-refractivity contribution in [3.63, 3.8) is 0 Å². The summed E-state index contributed by atoms with van der Waals surface area (Å²) >= 11 is 0. The number of methoxy groups -OCH3 is 1. The summed E-state index contributed by atoms with van der Waals surface area (Å²) in [4.78, 5) is 12.8. The molecule has 0 fully saturated rings. The van der Waals surface area contributed by atoms with Crippen molar-refractivity contribution in [2.24, 2.45) is 7.05 Å². The third-order valence-corrected chi connectivity index (χ3v) is 5.35. The summed E-state index contributed by atoms with van der Waals surface area (Å²) in [5.74, 6) is 1.37. The molecule has 1 amide bonds. The highest BCUT2D eigenvalue weighted by Gasteiger charge is 2.14. The largest absolute Gasteiger partial charge is 0.496 e. The van der Waals surface area contributed by atoms with Crippen LogP contribution in [0.2, 0.25) is 0 Å². The Bertz CT molecular complexity index is 1070. The van der Waals surface area contributed by atoms with Gasteiger partial charge in [0.15, 0.2) is 0 Å². The zero-order chi connectivity index (χ0) is 21.8. The number of aryl methyl sites for hydroxylation is 4. The van der Waals surface area contributed by atoms with Gasteiger partial charge in [-0.2, -0.15) is 5.10 Å². The van der Waals surface area contributed by atoms with Crippen molar-refractivity contribution in [1.82, 2.24) is 15.1 Å². The van der Waals surface area contributed by atoms with Gasteiger partial charge in [-0.05, 0) is 63.1 Å². The number of carbonyl (C=O) groups excluding carboxylic acids is 1. The molecule has 1 heterocycles. The van der Waals surface area contributed by atoms with Crippen LogP contribution in [0.15, 0.2) is 36.4 Å². The summed E-state index contributed by atoms with van der Waals surface area (Å²) in [6.07, 6.45) is 0. The topological polar surface area (TPSA) is 65.4 Å². The maximum atomic E-state index is 12.8. The minimum atomic E-state index is -0.145. The Hall–Kier alpha value is -3.28. The Morgan fingerprint density at radius 3 is 2.50 bits per heavy atom. The summed E-state index contributed by atoms with van der Waals surface area (Å²) in [6, 6.07) is 11.5. The molecule has 158 valence electrons. The molecule has 0 saturated heterocycles. The zero-order valence-electron chi connectivity index (χ0n) is 18.5. The lowest BCUT2D eigenvalue weighted by Crippen LogP contribution is -2.23. The fourth-order valence-corrected chi connectivity index (χ4v) is 3.39. The highest BCUT2D eigenvalue weighted by Crippen LogP contribution is 2.25. The number of ether oxygens (including phenoxy) is 2. The van der Waals surface area contributed by atoms with Crippen molar-refractivity contribution >= 4 is 5.91 Å². The molecule has 6 nitrogen and oxygen atoms in total. The van der Waals surface area contributed by atoms with Gasteiger partial charge in [0.2, 0.25) is 0 Å². The van der Waals surface area contributed by atoms with Gasteiger partial charge in [0, 0.05) is 36.0 Å². The Morgan fingerprint density at radius 2 is 1.83 bits per heavy atom. The number of aromatic nitrogens is 2. The molecule has 0 radical (unpaired) electrons. The first kappa shape index (κ1) is 21.4. The summed E-state index contributed by atoms with van der Waals surface area (Å²) in [5.41, 5.74) is 6.59. The van der Waals surface area contributed by atoms with Gasteiger partial charge in [-0.15, -0.1) is 0 Å². The molecule has 0 aliphatic heterocycles. The van der Waals surface area contributed by atoms with Crippen molar-refractivity contribution in [2.75, 3.05) is 7.11 Å². The van der Waals surface area contributed by atoms with Crippen LogP contribution in [-0.4, -0.2) is 22.8 Å². The van der Waals surface area contributed by atoms with Gasteiger partial charge in [0.1, 0.15) is 18.1 Å². The molecule has 0 unspecified atom stereocenters. The Balaban J connectivity index is 1.74. The summed E-state index contributed by atoms with van der Waals surface area (Å²) in [5, 5.41) is 7.39. The van der Waals surface area contributed by atoms with Crippen molar-refractivity contribution in [3.05, 3.63) is 75.6 Å². The van der Waals surface area contributed by atoms with E-state index in [0.29, 0.717) is 24.5 Å². The molecule has 6 heteroatoms. The minimum absolute atomic E-state index is 0.145. The second-order valence-electron chi connectivity index (χ2n) is 7.54. The average molecular weight is 408 g/mol. The predicted molar refractivity (Wildman–Crippen MR) is 117 cm³/mol. The standard InChI is InChI=1S/C24H29N3O3/c1-15-7-8-16(2)23(11-15)30-14-20-12-19(9-10-22(20)29-6)24(28)25-13-21-17(3)26-27(5)18(21)4/h7-12H,13-14H2,1-6H3,(H,25,28). The van der Waals surface area contributed by atoms with Crippen molar-refractivity contribution in [3.8, 4) is 11.5 Å². The van der Waals surface area contributed by atoms with Gasteiger partial charge in [0.05, 0.1) is 12.8 Å². The molecule has 0 spiro atoms. The van der Waals surface area contributed by atoms with Crippen molar-refractivity contribution < 1.29 is 14.3 Å². The first-order valence-electron chi connectivity index (χ1n) is 9.94. The van der Waals surface area contributed by atoms with Gasteiger partial charge < -0.3 is 14.8 Å². The predicted octanol–water partition coefficient (Wildman–Crippen LogP) is 4.17. The molecule has 0 bridgehead atoms. The fourth-order valence-electron chi connectivity index (χ4n) is 3.39. The summed E-state index contributed by atoms with van der Waals surface area (Å²) in [7, 11) is 3.52. The minimum Gasteiger partial charge on any atom is -0.496 e. The summed E-state index contributed by atoms with van der Waals surface area (Å²) < 4.78 is 13.3. The average Bonchev–Trinajstić information content (AvgIpc) is 2.97. The quantitative estimate of drug-likeness (QED) is 0.638. The number of carbonyl (C=O) groups is 1. The van der Waals surface area contributed by atoms with E-state index in [1.54, 1.807) is 19.2 Å². The van der Waals surface area contributed by atoms with Crippen molar-refractivity contribution in [2.45, 2.75) is 40.8 Å². The van der Waals surface area contributed by atoms with Crippen LogP contribution in [-0.2, 0) is 20.2 Å². The monoisotopic (exact) mass is 407 g/mol. The number of benzene rings is 2. The number of hydrogen-bond donors (Lipinski definition) is 1. The molecule has 3 aromatic rings. The van der Waals surface area contributed by atoms with E-state index in [4.69, 9.17) is 9.47 Å². The zero-order valence-corrected chi connectivity index (χ0v) is 18.5. The molecule has 1 N–H and O–H groups in total. The molecule has 0 saturated carbocycles. The molecule has 0 aliphatic carbocycles. The second kappa shape index (κ2) is 9.03. The van der Waals surface area contributed by atoms with E-state index in [2.05, 4.69) is 16.5 Å². The number of nitrogens with one attached hydrogen (secondary N) is 1. The van der Waals surface area contributed by atoms with Gasteiger partial charge in [-0.1, -0.05) is 12.1 Å². The molecule has 2 aromatic carbocycles. The van der Waals surface area contributed by atoms with E-state index < -0.39 is 0 Å². The third kappa shape index (κ3) is 4.64.